The normalized spacial score (nSPS) is 15.5. The zero-order chi connectivity index (χ0) is 19.4. The summed E-state index contributed by atoms with van der Waals surface area (Å²) < 4.78 is 3.11. The fourth-order valence-corrected chi connectivity index (χ4v) is 3.69. The molecule has 1 fully saturated rings. The van der Waals surface area contributed by atoms with Crippen molar-refractivity contribution in [2.45, 2.75) is 32.6 Å². The lowest BCUT2D eigenvalue weighted by Crippen LogP contribution is -2.44. The number of nitrogens with zero attached hydrogens (tertiary/aromatic N) is 5. The van der Waals surface area contributed by atoms with Crippen LogP contribution in [-0.2, 0) is 11.8 Å². The van der Waals surface area contributed by atoms with Gasteiger partial charge < -0.3 is 4.90 Å². The van der Waals surface area contributed by atoms with E-state index in [-0.39, 0.29) is 17.5 Å². The zero-order valence-electron chi connectivity index (χ0n) is 16.5. The lowest BCUT2D eigenvalue weighted by Gasteiger charge is -2.33. The van der Waals surface area contributed by atoms with Crippen LogP contribution >= 0.6 is 0 Å². The van der Waals surface area contributed by atoms with E-state index in [2.05, 4.69) is 23.8 Å². The number of amides is 1. The summed E-state index contributed by atoms with van der Waals surface area (Å²) in [5, 5.41) is 4.51. The first kappa shape index (κ1) is 19.4. The minimum absolute atomic E-state index is 0.128. The summed E-state index contributed by atoms with van der Waals surface area (Å²) in [4.78, 5) is 29.2. The number of carbonyl (C=O) groups is 1. The molecule has 3 rings (SSSR count). The molecule has 0 unspecified atom stereocenters. The van der Waals surface area contributed by atoms with Crippen molar-refractivity contribution in [2.75, 3.05) is 32.7 Å². The predicted octanol–water partition coefficient (Wildman–Crippen LogP) is 1.62. The van der Waals surface area contributed by atoms with Crippen LogP contribution in [0.5, 0.6) is 0 Å². The first-order valence-electron chi connectivity index (χ1n) is 9.76. The molecule has 2 heterocycles. The molecule has 0 atom stereocenters. The highest BCUT2D eigenvalue weighted by molar-refractivity contribution is 5.78. The summed E-state index contributed by atoms with van der Waals surface area (Å²) in [7, 11) is 1.69. The first-order chi connectivity index (χ1) is 13.0. The number of piperidine rings is 1. The van der Waals surface area contributed by atoms with Gasteiger partial charge in [0.15, 0.2) is 0 Å². The van der Waals surface area contributed by atoms with Gasteiger partial charge in [0.2, 0.25) is 5.91 Å². The number of likely N-dealkylation sites (tertiary alicyclic amines) is 1. The topological polar surface area (TPSA) is 63.4 Å². The lowest BCUT2D eigenvalue weighted by molar-refractivity contribution is -0.133. The maximum absolute atomic E-state index is 12.6. The Morgan fingerprint density at radius 1 is 1.15 bits per heavy atom. The Hall–Kier alpha value is -2.41. The summed E-state index contributed by atoms with van der Waals surface area (Å²) >= 11 is 0. The van der Waals surface area contributed by atoms with Crippen LogP contribution < -0.4 is 5.69 Å². The number of hydrogen-bond acceptors (Lipinski definition) is 4. The van der Waals surface area contributed by atoms with E-state index >= 15 is 0 Å². The molecule has 7 nitrogen and oxygen atoms in total. The van der Waals surface area contributed by atoms with Gasteiger partial charge in [0.25, 0.3) is 0 Å². The molecule has 0 bridgehead atoms. The summed E-state index contributed by atoms with van der Waals surface area (Å²) in [6, 6.07) is 9.63. The first-order valence-corrected chi connectivity index (χ1v) is 9.76. The van der Waals surface area contributed by atoms with Gasteiger partial charge in [-0.25, -0.2) is 14.0 Å². The largest absolute Gasteiger partial charge is 0.350 e. The molecule has 1 aromatic carbocycles. The minimum atomic E-state index is -0.128. The van der Waals surface area contributed by atoms with Gasteiger partial charge >= 0.3 is 5.69 Å². The molecule has 0 saturated carbocycles. The Balaban J connectivity index is 1.73. The van der Waals surface area contributed by atoms with Gasteiger partial charge in [-0.2, -0.15) is 5.10 Å². The maximum atomic E-state index is 12.6. The second kappa shape index (κ2) is 8.52. The van der Waals surface area contributed by atoms with Crippen molar-refractivity contribution in [1.29, 1.82) is 0 Å². The molecule has 1 amide bonds. The Labute approximate surface area is 160 Å². The van der Waals surface area contributed by atoms with E-state index in [0.717, 1.165) is 37.4 Å². The van der Waals surface area contributed by atoms with E-state index in [0.29, 0.717) is 19.6 Å². The number of benzene rings is 1. The second-order valence-electron chi connectivity index (χ2n) is 7.05. The predicted molar refractivity (Wildman–Crippen MR) is 105 cm³/mol. The van der Waals surface area contributed by atoms with Crippen LogP contribution in [0.2, 0.25) is 0 Å². The van der Waals surface area contributed by atoms with Crippen molar-refractivity contribution in [3.05, 3.63) is 46.6 Å². The van der Waals surface area contributed by atoms with Crippen LogP contribution in [-0.4, -0.2) is 62.8 Å². The monoisotopic (exact) mass is 371 g/mol. The van der Waals surface area contributed by atoms with Gasteiger partial charge in [0, 0.05) is 26.1 Å². The summed E-state index contributed by atoms with van der Waals surface area (Å²) in [5.41, 5.74) is 0.710. The molecule has 1 aliphatic heterocycles. The highest BCUT2D eigenvalue weighted by atomic mass is 16.2. The molecular formula is C20H29N5O2. The Morgan fingerprint density at radius 3 is 2.37 bits per heavy atom. The summed E-state index contributed by atoms with van der Waals surface area (Å²) in [5.74, 6) is 1.17. The van der Waals surface area contributed by atoms with Crippen molar-refractivity contribution in [3.63, 3.8) is 0 Å². The molecule has 146 valence electrons. The van der Waals surface area contributed by atoms with Crippen LogP contribution in [0.25, 0.3) is 5.69 Å². The highest BCUT2D eigenvalue weighted by Crippen LogP contribution is 2.27. The molecule has 2 aromatic rings. The number of aromatic nitrogens is 3. The smallest absolute Gasteiger partial charge is 0.342 e. The fourth-order valence-electron chi connectivity index (χ4n) is 3.69. The fraction of sp³-hybridized carbons (Fsp3) is 0.550. The van der Waals surface area contributed by atoms with Crippen molar-refractivity contribution >= 4 is 5.91 Å². The molecule has 0 aliphatic carbocycles. The van der Waals surface area contributed by atoms with Gasteiger partial charge in [-0.3, -0.25) is 9.69 Å². The molecule has 1 saturated heterocycles. The third kappa shape index (κ3) is 4.13. The summed E-state index contributed by atoms with van der Waals surface area (Å²) in [6.07, 6.45) is 1.65. The van der Waals surface area contributed by atoms with E-state index in [9.17, 15) is 9.59 Å². The number of hydrogen-bond donors (Lipinski definition) is 0. The Kier molecular flexibility index (Phi) is 6.11. The highest BCUT2D eigenvalue weighted by Gasteiger charge is 2.29. The average molecular weight is 371 g/mol. The Morgan fingerprint density at radius 2 is 1.78 bits per heavy atom. The lowest BCUT2D eigenvalue weighted by atomic mass is 9.95. The number of aryl methyl sites for hydroxylation is 1. The van der Waals surface area contributed by atoms with Gasteiger partial charge in [-0.15, -0.1) is 0 Å². The van der Waals surface area contributed by atoms with Gasteiger partial charge in [0.05, 0.1) is 12.2 Å². The maximum Gasteiger partial charge on any atom is 0.350 e. The quantitative estimate of drug-likeness (QED) is 0.774. The number of rotatable bonds is 6. The van der Waals surface area contributed by atoms with Crippen LogP contribution in [0, 0.1) is 0 Å². The SMILES string of the molecule is CCN(CC)CC(=O)N1CCC(c2nn(C)c(=O)n2-c2ccccc2)CC1. The van der Waals surface area contributed by atoms with Crippen LogP contribution in [0.4, 0.5) is 0 Å². The molecule has 1 aliphatic rings. The molecular weight excluding hydrogens is 342 g/mol. The number of likely N-dealkylation sites (N-methyl/N-ethyl adjacent to an activating group) is 1. The van der Waals surface area contributed by atoms with Gasteiger partial charge in [-0.1, -0.05) is 32.0 Å². The molecule has 0 spiro atoms. The van der Waals surface area contributed by atoms with Gasteiger partial charge in [0.1, 0.15) is 5.82 Å². The van der Waals surface area contributed by atoms with E-state index in [4.69, 9.17) is 0 Å². The minimum Gasteiger partial charge on any atom is -0.342 e. The van der Waals surface area contributed by atoms with E-state index in [1.807, 2.05) is 35.2 Å². The van der Waals surface area contributed by atoms with Crippen LogP contribution in [0.1, 0.15) is 38.4 Å². The summed E-state index contributed by atoms with van der Waals surface area (Å²) in [6.45, 7) is 7.83. The molecule has 1 aromatic heterocycles. The third-order valence-corrected chi connectivity index (χ3v) is 5.43. The molecule has 7 heteroatoms. The molecule has 0 radical (unpaired) electrons. The van der Waals surface area contributed by atoms with E-state index in [1.165, 1.54) is 4.68 Å². The second-order valence-corrected chi connectivity index (χ2v) is 7.05. The number of carbonyl (C=O) groups excluding carboxylic acids is 1. The average Bonchev–Trinajstić information content (AvgIpc) is 3.01. The number of para-hydroxylation sites is 1. The van der Waals surface area contributed by atoms with Crippen molar-refractivity contribution in [3.8, 4) is 5.69 Å². The van der Waals surface area contributed by atoms with Crippen LogP contribution in [0.15, 0.2) is 35.1 Å². The molecule has 27 heavy (non-hydrogen) atoms. The van der Waals surface area contributed by atoms with E-state index < -0.39 is 0 Å². The molecule has 0 N–H and O–H groups in total. The zero-order valence-corrected chi connectivity index (χ0v) is 16.5. The van der Waals surface area contributed by atoms with Crippen molar-refractivity contribution in [1.82, 2.24) is 24.1 Å². The van der Waals surface area contributed by atoms with Crippen molar-refractivity contribution < 1.29 is 4.79 Å². The van der Waals surface area contributed by atoms with Crippen molar-refractivity contribution in [2.24, 2.45) is 7.05 Å². The standard InChI is InChI=1S/C20H29N5O2/c1-4-23(5-2)15-18(26)24-13-11-16(12-14-24)19-21-22(3)20(27)25(19)17-9-7-6-8-10-17/h6-10,16H,4-5,11-15H2,1-3H3. The Bertz CT molecular complexity index is 815. The van der Waals surface area contributed by atoms with Gasteiger partial charge in [-0.05, 0) is 38.1 Å². The third-order valence-electron chi connectivity index (χ3n) is 5.43. The van der Waals surface area contributed by atoms with E-state index in [1.54, 1.807) is 11.6 Å². The van der Waals surface area contributed by atoms with Crippen LogP contribution in [0.3, 0.4) is 0 Å².